The van der Waals surface area contributed by atoms with Gasteiger partial charge in [0.15, 0.2) is 0 Å². The first-order valence-corrected chi connectivity index (χ1v) is 7.62. The third kappa shape index (κ3) is 3.41. The highest BCUT2D eigenvalue weighted by Gasteiger charge is 2.53. The second-order valence-corrected chi connectivity index (χ2v) is 6.08. The molecule has 116 valence electrons. The zero-order valence-corrected chi connectivity index (χ0v) is 12.7. The van der Waals surface area contributed by atoms with Crippen molar-refractivity contribution in [2.45, 2.75) is 50.8 Å². The molecule has 1 N–H and O–H groups in total. The van der Waals surface area contributed by atoms with E-state index >= 15 is 0 Å². The molecule has 0 spiro atoms. The molecular weight excluding hydrogens is 268 g/mol. The van der Waals surface area contributed by atoms with Crippen molar-refractivity contribution in [1.82, 2.24) is 4.90 Å². The Morgan fingerprint density at radius 1 is 1.43 bits per heavy atom. The summed E-state index contributed by atoms with van der Waals surface area (Å²) in [5, 5.41) is 22.1. The standard InChI is InChI=1S/C16H24N2O3/c1-3-4-11-17-12-10-16(2,19)15(18(20)21)14(17)13-8-6-5-7-9-13/h5-9,14-15,19H,3-4,10-12H2,1-2H3/t14-,15-,16+/m1/s1. The number of benzene rings is 1. The molecule has 0 unspecified atom stereocenters. The van der Waals surface area contributed by atoms with Gasteiger partial charge in [-0.2, -0.15) is 0 Å². The van der Waals surface area contributed by atoms with Crippen LogP contribution in [0.1, 0.15) is 44.7 Å². The quantitative estimate of drug-likeness (QED) is 0.669. The van der Waals surface area contributed by atoms with Crippen LogP contribution >= 0.6 is 0 Å². The molecule has 0 amide bonds. The molecule has 0 radical (unpaired) electrons. The fraction of sp³-hybridized carbons (Fsp3) is 0.625. The summed E-state index contributed by atoms with van der Waals surface area (Å²) in [7, 11) is 0. The molecule has 1 heterocycles. The number of hydrogen-bond acceptors (Lipinski definition) is 4. The highest BCUT2D eigenvalue weighted by Crippen LogP contribution is 2.38. The maximum atomic E-state index is 11.6. The normalized spacial score (nSPS) is 30.2. The van der Waals surface area contributed by atoms with Crippen LogP contribution in [0.4, 0.5) is 0 Å². The van der Waals surface area contributed by atoms with Crippen molar-refractivity contribution in [1.29, 1.82) is 0 Å². The molecule has 0 aliphatic carbocycles. The van der Waals surface area contributed by atoms with Crippen molar-refractivity contribution in [3.05, 3.63) is 46.0 Å². The van der Waals surface area contributed by atoms with Crippen LogP contribution in [0, 0.1) is 10.1 Å². The monoisotopic (exact) mass is 292 g/mol. The SMILES string of the molecule is CCCCN1CC[C@](C)(O)[C@H]([N+](=O)[O-])[C@H]1c1ccccc1. The molecule has 3 atom stereocenters. The number of hydrogen-bond donors (Lipinski definition) is 1. The van der Waals surface area contributed by atoms with Crippen molar-refractivity contribution in [2.75, 3.05) is 13.1 Å². The third-order valence-corrected chi connectivity index (χ3v) is 4.40. The van der Waals surface area contributed by atoms with E-state index in [1.165, 1.54) is 0 Å². The zero-order valence-electron chi connectivity index (χ0n) is 12.7. The lowest BCUT2D eigenvalue weighted by Crippen LogP contribution is -2.58. The number of likely N-dealkylation sites (tertiary alicyclic amines) is 1. The molecular formula is C16H24N2O3. The van der Waals surface area contributed by atoms with Gasteiger partial charge >= 0.3 is 0 Å². The molecule has 1 aliphatic rings. The van der Waals surface area contributed by atoms with Crippen LogP contribution in [0.3, 0.4) is 0 Å². The molecule has 2 rings (SSSR count). The summed E-state index contributed by atoms with van der Waals surface area (Å²) in [5.41, 5.74) is -0.359. The Kier molecular flexibility index (Phi) is 4.96. The average Bonchev–Trinajstić information content (AvgIpc) is 2.45. The van der Waals surface area contributed by atoms with E-state index in [1.54, 1.807) is 6.92 Å². The van der Waals surface area contributed by atoms with E-state index in [0.29, 0.717) is 13.0 Å². The summed E-state index contributed by atoms with van der Waals surface area (Å²) in [6, 6.07) is 8.17. The molecule has 21 heavy (non-hydrogen) atoms. The first-order valence-electron chi connectivity index (χ1n) is 7.62. The van der Waals surface area contributed by atoms with E-state index in [0.717, 1.165) is 24.9 Å². The number of aliphatic hydroxyl groups is 1. The predicted molar refractivity (Wildman–Crippen MR) is 81.7 cm³/mol. The Morgan fingerprint density at radius 2 is 2.10 bits per heavy atom. The minimum atomic E-state index is -1.27. The van der Waals surface area contributed by atoms with Crippen LogP contribution in [0.25, 0.3) is 0 Å². The lowest BCUT2D eigenvalue weighted by molar-refractivity contribution is -0.558. The molecule has 5 nitrogen and oxygen atoms in total. The van der Waals surface area contributed by atoms with Crippen LogP contribution in [0.15, 0.2) is 30.3 Å². The van der Waals surface area contributed by atoms with Crippen molar-refractivity contribution < 1.29 is 10.0 Å². The number of piperidine rings is 1. The smallest absolute Gasteiger partial charge is 0.260 e. The second-order valence-electron chi connectivity index (χ2n) is 6.08. The van der Waals surface area contributed by atoms with Gasteiger partial charge in [0.25, 0.3) is 6.04 Å². The highest BCUT2D eigenvalue weighted by molar-refractivity contribution is 5.22. The van der Waals surface area contributed by atoms with Crippen LogP contribution < -0.4 is 0 Å². The Balaban J connectivity index is 2.38. The highest BCUT2D eigenvalue weighted by atomic mass is 16.6. The number of rotatable bonds is 5. The molecule has 1 aromatic carbocycles. The van der Waals surface area contributed by atoms with E-state index in [-0.39, 0.29) is 11.0 Å². The molecule has 1 aliphatic heterocycles. The van der Waals surface area contributed by atoms with Crippen molar-refractivity contribution in [2.24, 2.45) is 0 Å². The van der Waals surface area contributed by atoms with Gasteiger partial charge in [-0.15, -0.1) is 0 Å². The van der Waals surface area contributed by atoms with E-state index in [1.807, 2.05) is 30.3 Å². The van der Waals surface area contributed by atoms with Gasteiger partial charge < -0.3 is 5.11 Å². The van der Waals surface area contributed by atoms with E-state index in [2.05, 4.69) is 11.8 Å². The third-order valence-electron chi connectivity index (χ3n) is 4.40. The van der Waals surface area contributed by atoms with Gasteiger partial charge in [0.05, 0.1) is 0 Å². The average molecular weight is 292 g/mol. The Labute approximate surface area is 125 Å². The summed E-state index contributed by atoms with van der Waals surface area (Å²) in [5.74, 6) is 0. The van der Waals surface area contributed by atoms with E-state index in [9.17, 15) is 15.2 Å². The summed E-state index contributed by atoms with van der Waals surface area (Å²) < 4.78 is 0. The van der Waals surface area contributed by atoms with Gasteiger partial charge in [-0.05, 0) is 31.9 Å². The minimum Gasteiger partial charge on any atom is -0.383 e. The Hall–Kier alpha value is -1.46. The van der Waals surface area contributed by atoms with Gasteiger partial charge in [0, 0.05) is 11.5 Å². The number of unbranched alkanes of at least 4 members (excludes halogenated alkanes) is 1. The first kappa shape index (κ1) is 15.9. The maximum Gasteiger partial charge on any atom is 0.260 e. The summed E-state index contributed by atoms with van der Waals surface area (Å²) in [6.07, 6.45) is 2.50. The molecule has 1 aromatic rings. The summed E-state index contributed by atoms with van der Waals surface area (Å²) >= 11 is 0. The van der Waals surface area contributed by atoms with Gasteiger partial charge in [0.2, 0.25) is 0 Å². The lowest BCUT2D eigenvalue weighted by atomic mass is 9.80. The fourth-order valence-corrected chi connectivity index (χ4v) is 3.19. The fourth-order valence-electron chi connectivity index (χ4n) is 3.19. The lowest BCUT2D eigenvalue weighted by Gasteiger charge is -2.44. The molecule has 0 bridgehead atoms. The van der Waals surface area contributed by atoms with Crippen molar-refractivity contribution in [3.63, 3.8) is 0 Å². The Morgan fingerprint density at radius 3 is 2.67 bits per heavy atom. The maximum absolute atomic E-state index is 11.6. The van der Waals surface area contributed by atoms with E-state index < -0.39 is 11.6 Å². The van der Waals surface area contributed by atoms with Crippen molar-refractivity contribution >= 4 is 0 Å². The van der Waals surface area contributed by atoms with Crippen LogP contribution in [0.5, 0.6) is 0 Å². The van der Waals surface area contributed by atoms with Gasteiger partial charge in [-0.3, -0.25) is 15.0 Å². The predicted octanol–water partition coefficient (Wildman–Crippen LogP) is 2.63. The van der Waals surface area contributed by atoms with Gasteiger partial charge in [-0.25, -0.2) is 0 Å². The molecule has 0 aromatic heterocycles. The molecule has 0 saturated carbocycles. The van der Waals surface area contributed by atoms with Crippen LogP contribution in [-0.4, -0.2) is 39.7 Å². The van der Waals surface area contributed by atoms with Gasteiger partial charge in [-0.1, -0.05) is 43.7 Å². The zero-order chi connectivity index (χ0) is 15.5. The van der Waals surface area contributed by atoms with Crippen LogP contribution in [0.2, 0.25) is 0 Å². The molecule has 1 fully saturated rings. The first-order chi connectivity index (χ1) is 9.97. The largest absolute Gasteiger partial charge is 0.383 e. The summed E-state index contributed by atoms with van der Waals surface area (Å²) in [6.45, 7) is 5.23. The molecule has 1 saturated heterocycles. The Bertz CT molecular complexity index is 476. The number of nitro groups is 1. The second kappa shape index (κ2) is 6.54. The topological polar surface area (TPSA) is 66.6 Å². The summed E-state index contributed by atoms with van der Waals surface area (Å²) in [4.78, 5) is 13.4. The molecule has 5 heteroatoms. The van der Waals surface area contributed by atoms with Gasteiger partial charge in [0.1, 0.15) is 11.6 Å². The van der Waals surface area contributed by atoms with E-state index in [4.69, 9.17) is 0 Å². The number of nitrogens with zero attached hydrogens (tertiary/aromatic N) is 2. The van der Waals surface area contributed by atoms with Crippen LogP contribution in [-0.2, 0) is 0 Å². The van der Waals surface area contributed by atoms with Crippen molar-refractivity contribution in [3.8, 4) is 0 Å². The minimum absolute atomic E-state index is 0.310.